The number of carbonyl (C=O) groups excluding carboxylic acids is 1. The predicted molar refractivity (Wildman–Crippen MR) is 79.1 cm³/mol. The van der Waals surface area contributed by atoms with E-state index in [9.17, 15) is 13.6 Å². The molecule has 0 saturated carbocycles. The average molecular weight is 326 g/mol. The van der Waals surface area contributed by atoms with E-state index in [0.29, 0.717) is 27.6 Å². The van der Waals surface area contributed by atoms with Gasteiger partial charge < -0.3 is 4.98 Å². The van der Waals surface area contributed by atoms with Crippen LogP contribution in [0.25, 0.3) is 22.2 Å². The molecule has 0 aliphatic rings. The van der Waals surface area contributed by atoms with E-state index in [-0.39, 0.29) is 16.5 Å². The van der Waals surface area contributed by atoms with E-state index >= 15 is 0 Å². The Morgan fingerprint density at radius 2 is 1.86 bits per heavy atom. The zero-order valence-electron chi connectivity index (χ0n) is 10.4. The summed E-state index contributed by atoms with van der Waals surface area (Å²) >= 11 is 11.9. The number of hydrogen-bond donors (Lipinski definition) is 1. The lowest BCUT2D eigenvalue weighted by Gasteiger charge is -2.03. The molecule has 6 heteroatoms. The van der Waals surface area contributed by atoms with Crippen molar-refractivity contribution < 1.29 is 13.6 Å². The fraction of sp³-hybridized carbons (Fsp3) is 0. The maximum absolute atomic E-state index is 13.8. The molecule has 21 heavy (non-hydrogen) atoms. The number of carbonyl (C=O) groups is 1. The van der Waals surface area contributed by atoms with Gasteiger partial charge in [0.1, 0.15) is 11.6 Å². The number of aromatic amines is 1. The van der Waals surface area contributed by atoms with E-state index in [1.54, 1.807) is 12.1 Å². The molecule has 0 bridgehead atoms. The normalized spacial score (nSPS) is 11.0. The fourth-order valence-corrected chi connectivity index (χ4v) is 2.77. The summed E-state index contributed by atoms with van der Waals surface area (Å²) in [5.74, 6) is -1.53. The molecule has 0 atom stereocenters. The molecule has 0 amide bonds. The van der Waals surface area contributed by atoms with Gasteiger partial charge >= 0.3 is 0 Å². The van der Waals surface area contributed by atoms with Crippen molar-refractivity contribution in [1.29, 1.82) is 0 Å². The maximum atomic E-state index is 13.8. The highest BCUT2D eigenvalue weighted by Gasteiger charge is 2.18. The quantitative estimate of drug-likeness (QED) is 0.643. The van der Waals surface area contributed by atoms with Gasteiger partial charge in [0.05, 0.1) is 16.2 Å². The summed E-state index contributed by atoms with van der Waals surface area (Å²) < 4.78 is 27.2. The summed E-state index contributed by atoms with van der Waals surface area (Å²) in [6.07, 6.45) is 0.540. The molecule has 2 nitrogen and oxygen atoms in total. The molecule has 3 aromatic rings. The number of hydrogen-bond acceptors (Lipinski definition) is 1. The summed E-state index contributed by atoms with van der Waals surface area (Å²) in [5, 5.41) is 0.909. The van der Waals surface area contributed by atoms with Crippen molar-refractivity contribution >= 4 is 40.4 Å². The standard InChI is InChI=1S/C15H7Cl2F2NO/c16-7-1-2-9(12(17)3-7)14-11(6-21)10-4-8(18)5-13(19)15(10)20-14/h1-6,20H. The Balaban J connectivity index is 2.37. The monoisotopic (exact) mass is 325 g/mol. The van der Waals surface area contributed by atoms with E-state index in [0.717, 1.165) is 12.1 Å². The average Bonchev–Trinajstić information content (AvgIpc) is 2.77. The van der Waals surface area contributed by atoms with Crippen LogP contribution in [-0.4, -0.2) is 11.3 Å². The van der Waals surface area contributed by atoms with Crippen LogP contribution >= 0.6 is 23.2 Å². The van der Waals surface area contributed by atoms with Crippen molar-refractivity contribution in [3.8, 4) is 11.3 Å². The molecule has 1 heterocycles. The van der Waals surface area contributed by atoms with Crippen LogP contribution < -0.4 is 0 Å². The minimum atomic E-state index is -0.774. The topological polar surface area (TPSA) is 32.9 Å². The first-order valence-electron chi connectivity index (χ1n) is 5.92. The lowest BCUT2D eigenvalue weighted by atomic mass is 10.1. The molecule has 0 unspecified atom stereocenters. The Kier molecular flexibility index (Phi) is 3.43. The number of aromatic nitrogens is 1. The van der Waals surface area contributed by atoms with Crippen LogP contribution in [0.15, 0.2) is 30.3 Å². The number of H-pyrrole nitrogens is 1. The van der Waals surface area contributed by atoms with E-state index in [2.05, 4.69) is 4.98 Å². The van der Waals surface area contributed by atoms with Crippen molar-refractivity contribution in [3.05, 3.63) is 57.6 Å². The smallest absolute Gasteiger partial charge is 0.152 e. The van der Waals surface area contributed by atoms with Gasteiger partial charge in [-0.3, -0.25) is 4.79 Å². The predicted octanol–water partition coefficient (Wildman–Crippen LogP) is 5.23. The van der Waals surface area contributed by atoms with Crippen LogP contribution in [0.3, 0.4) is 0 Å². The highest BCUT2D eigenvalue weighted by Crippen LogP contribution is 2.35. The molecule has 3 rings (SSSR count). The van der Waals surface area contributed by atoms with Gasteiger partial charge in [-0.1, -0.05) is 23.2 Å². The summed E-state index contributed by atoms with van der Waals surface area (Å²) in [7, 11) is 0. The molecule has 0 aliphatic heterocycles. The van der Waals surface area contributed by atoms with Crippen molar-refractivity contribution in [2.24, 2.45) is 0 Å². The van der Waals surface area contributed by atoms with Crippen molar-refractivity contribution in [2.45, 2.75) is 0 Å². The Bertz CT molecular complexity index is 874. The Morgan fingerprint density at radius 1 is 1.10 bits per heavy atom. The minimum Gasteiger partial charge on any atom is -0.351 e. The van der Waals surface area contributed by atoms with E-state index in [1.807, 2.05) is 0 Å². The highest BCUT2D eigenvalue weighted by molar-refractivity contribution is 6.36. The lowest BCUT2D eigenvalue weighted by molar-refractivity contribution is 0.112. The first-order valence-corrected chi connectivity index (χ1v) is 6.68. The van der Waals surface area contributed by atoms with E-state index < -0.39 is 11.6 Å². The van der Waals surface area contributed by atoms with Gasteiger partial charge in [0.15, 0.2) is 6.29 Å². The second kappa shape index (κ2) is 5.13. The summed E-state index contributed by atoms with van der Waals surface area (Å²) in [6, 6.07) is 6.57. The zero-order valence-corrected chi connectivity index (χ0v) is 11.9. The Morgan fingerprint density at radius 3 is 2.52 bits per heavy atom. The molecule has 0 fully saturated rings. The summed E-state index contributed by atoms with van der Waals surface area (Å²) in [4.78, 5) is 14.1. The van der Waals surface area contributed by atoms with Crippen LogP contribution in [0.2, 0.25) is 10.0 Å². The van der Waals surface area contributed by atoms with Gasteiger partial charge in [-0.05, 0) is 24.3 Å². The van der Waals surface area contributed by atoms with Crippen LogP contribution in [0, 0.1) is 11.6 Å². The molecule has 0 saturated heterocycles. The molecule has 1 N–H and O–H groups in total. The molecule has 106 valence electrons. The molecule has 0 aliphatic carbocycles. The first kappa shape index (κ1) is 14.0. The maximum Gasteiger partial charge on any atom is 0.152 e. The van der Waals surface area contributed by atoms with Gasteiger partial charge in [-0.25, -0.2) is 8.78 Å². The van der Waals surface area contributed by atoms with Crippen molar-refractivity contribution in [3.63, 3.8) is 0 Å². The zero-order chi connectivity index (χ0) is 15.1. The van der Waals surface area contributed by atoms with Crippen LogP contribution in [0.4, 0.5) is 8.78 Å². The second-order valence-corrected chi connectivity index (χ2v) is 5.31. The third-order valence-electron chi connectivity index (χ3n) is 3.18. The van der Waals surface area contributed by atoms with Gasteiger partial charge in [-0.15, -0.1) is 0 Å². The first-order chi connectivity index (χ1) is 10.0. The van der Waals surface area contributed by atoms with Gasteiger partial charge in [0.25, 0.3) is 0 Å². The SMILES string of the molecule is O=Cc1c(-c2ccc(Cl)cc2Cl)[nH]c2c(F)cc(F)cc12. The molecule has 0 spiro atoms. The van der Waals surface area contributed by atoms with Gasteiger partial charge in [0.2, 0.25) is 0 Å². The molecule has 0 radical (unpaired) electrons. The van der Waals surface area contributed by atoms with E-state index in [1.165, 1.54) is 6.07 Å². The lowest BCUT2D eigenvalue weighted by Crippen LogP contribution is -1.86. The van der Waals surface area contributed by atoms with Gasteiger partial charge in [-0.2, -0.15) is 0 Å². The summed E-state index contributed by atoms with van der Waals surface area (Å²) in [5.41, 5.74) is 1.01. The molecular formula is C15H7Cl2F2NO. The van der Waals surface area contributed by atoms with Crippen LogP contribution in [0.5, 0.6) is 0 Å². The second-order valence-electron chi connectivity index (χ2n) is 4.47. The van der Waals surface area contributed by atoms with Gasteiger partial charge in [0, 0.05) is 27.6 Å². The largest absolute Gasteiger partial charge is 0.351 e. The molecular weight excluding hydrogens is 319 g/mol. The van der Waals surface area contributed by atoms with Crippen molar-refractivity contribution in [1.82, 2.24) is 4.98 Å². The Labute approximate surface area is 128 Å². The molecule has 2 aromatic carbocycles. The van der Waals surface area contributed by atoms with Crippen LogP contribution in [-0.2, 0) is 0 Å². The number of fused-ring (bicyclic) bond motifs is 1. The molecule has 1 aromatic heterocycles. The fourth-order valence-electron chi connectivity index (χ4n) is 2.27. The minimum absolute atomic E-state index is 0.0551. The number of halogens is 4. The number of rotatable bonds is 2. The third-order valence-corrected chi connectivity index (χ3v) is 3.73. The summed E-state index contributed by atoms with van der Waals surface area (Å²) in [6.45, 7) is 0. The van der Waals surface area contributed by atoms with Crippen LogP contribution in [0.1, 0.15) is 10.4 Å². The highest BCUT2D eigenvalue weighted by atomic mass is 35.5. The number of aldehydes is 1. The van der Waals surface area contributed by atoms with Crippen molar-refractivity contribution in [2.75, 3.05) is 0 Å². The Hall–Kier alpha value is -1.91. The number of nitrogens with one attached hydrogen (secondary N) is 1. The number of benzene rings is 2. The third kappa shape index (κ3) is 2.30. The van der Waals surface area contributed by atoms with E-state index in [4.69, 9.17) is 23.2 Å².